The third-order valence-electron chi connectivity index (χ3n) is 5.33. The number of nitrogens with one attached hydrogen (secondary N) is 1. The van der Waals surface area contributed by atoms with Crippen LogP contribution in [0.4, 0.5) is 10.1 Å². The van der Waals surface area contributed by atoms with Crippen LogP contribution in [0.3, 0.4) is 0 Å². The van der Waals surface area contributed by atoms with Crippen molar-refractivity contribution in [2.45, 2.75) is 26.3 Å². The maximum Gasteiger partial charge on any atom is 0.241 e. The van der Waals surface area contributed by atoms with Crippen molar-refractivity contribution < 1.29 is 9.18 Å². The minimum atomic E-state index is -0.299. The van der Waals surface area contributed by atoms with Crippen LogP contribution in [-0.2, 0) is 11.2 Å². The van der Waals surface area contributed by atoms with E-state index in [-0.39, 0.29) is 17.8 Å². The van der Waals surface area contributed by atoms with E-state index in [0.717, 1.165) is 39.1 Å². The van der Waals surface area contributed by atoms with Gasteiger partial charge in [-0.2, -0.15) is 0 Å². The summed E-state index contributed by atoms with van der Waals surface area (Å²) in [5, 5.41) is 2.83. The zero-order valence-corrected chi connectivity index (χ0v) is 16.1. The number of aryl methyl sites for hydroxylation is 1. The molecule has 2 aromatic carbocycles. The van der Waals surface area contributed by atoms with Gasteiger partial charge in [-0.05, 0) is 43.5 Å². The summed E-state index contributed by atoms with van der Waals surface area (Å²) in [5.41, 5.74) is 2.45. The van der Waals surface area contributed by atoms with E-state index in [4.69, 9.17) is 0 Å². The topological polar surface area (TPSA) is 35.6 Å². The molecule has 1 fully saturated rings. The molecule has 3 rings (SSSR count). The van der Waals surface area contributed by atoms with E-state index >= 15 is 0 Å². The Hall–Kier alpha value is -2.24. The zero-order valence-electron chi connectivity index (χ0n) is 16.1. The lowest BCUT2D eigenvalue weighted by molar-refractivity contribution is -0.121. The number of anilines is 1. The fraction of sp³-hybridized carbons (Fsp3) is 0.409. The maximum atomic E-state index is 13.7. The predicted octanol–water partition coefficient (Wildman–Crippen LogP) is 3.32. The van der Waals surface area contributed by atoms with Crippen LogP contribution >= 0.6 is 0 Å². The Balaban J connectivity index is 1.45. The van der Waals surface area contributed by atoms with E-state index in [1.54, 1.807) is 19.1 Å². The molecule has 4 nitrogen and oxygen atoms in total. The van der Waals surface area contributed by atoms with Crippen LogP contribution in [0, 0.1) is 12.7 Å². The summed E-state index contributed by atoms with van der Waals surface area (Å²) in [6.45, 7) is 8.33. The van der Waals surface area contributed by atoms with Gasteiger partial charge >= 0.3 is 0 Å². The van der Waals surface area contributed by atoms with Crippen LogP contribution in [0.2, 0.25) is 0 Å². The van der Waals surface area contributed by atoms with Gasteiger partial charge in [-0.1, -0.05) is 36.4 Å². The molecule has 1 amide bonds. The van der Waals surface area contributed by atoms with Gasteiger partial charge in [0.05, 0.1) is 6.04 Å². The van der Waals surface area contributed by atoms with Crippen molar-refractivity contribution in [1.29, 1.82) is 0 Å². The minimum absolute atomic E-state index is 0.0870. The number of nitrogens with zero attached hydrogens (tertiary/aromatic N) is 2. The molecule has 5 heteroatoms. The number of rotatable bonds is 6. The molecule has 1 N–H and O–H groups in total. The summed E-state index contributed by atoms with van der Waals surface area (Å²) in [5.74, 6) is -0.386. The van der Waals surface area contributed by atoms with Gasteiger partial charge in [0.1, 0.15) is 5.82 Å². The number of piperazine rings is 1. The molecule has 1 saturated heterocycles. The van der Waals surface area contributed by atoms with E-state index in [9.17, 15) is 9.18 Å². The van der Waals surface area contributed by atoms with E-state index in [2.05, 4.69) is 39.4 Å². The summed E-state index contributed by atoms with van der Waals surface area (Å²) in [6, 6.07) is 15.1. The van der Waals surface area contributed by atoms with E-state index in [1.165, 1.54) is 11.6 Å². The molecule has 2 aromatic rings. The van der Waals surface area contributed by atoms with Crippen LogP contribution in [-0.4, -0.2) is 54.5 Å². The van der Waals surface area contributed by atoms with Gasteiger partial charge in [0.2, 0.25) is 5.91 Å². The molecule has 1 aliphatic heterocycles. The van der Waals surface area contributed by atoms with Gasteiger partial charge < -0.3 is 10.2 Å². The molecule has 0 aromatic heterocycles. The van der Waals surface area contributed by atoms with Crippen molar-refractivity contribution in [3.8, 4) is 0 Å². The number of carbonyl (C=O) groups is 1. The normalized spacial score (nSPS) is 16.9. The molecule has 0 unspecified atom stereocenters. The lowest BCUT2D eigenvalue weighted by atomic mass is 10.1. The molecule has 0 radical (unpaired) electrons. The highest BCUT2D eigenvalue weighted by Crippen LogP contribution is 2.15. The summed E-state index contributed by atoms with van der Waals surface area (Å²) in [7, 11) is 0. The van der Waals surface area contributed by atoms with Gasteiger partial charge in [0.15, 0.2) is 0 Å². The van der Waals surface area contributed by atoms with Crippen LogP contribution in [0.25, 0.3) is 0 Å². The van der Waals surface area contributed by atoms with E-state index in [0.29, 0.717) is 11.3 Å². The second-order valence-corrected chi connectivity index (χ2v) is 7.24. The SMILES string of the molecule is Cc1ccc(NC(=O)[C@H](C)N2CCN(CCc3ccccc3)CC2)cc1F. The monoisotopic (exact) mass is 369 g/mol. The molecule has 0 bridgehead atoms. The van der Waals surface area contributed by atoms with Crippen molar-refractivity contribution in [2.75, 3.05) is 38.0 Å². The van der Waals surface area contributed by atoms with Crippen LogP contribution in [0.15, 0.2) is 48.5 Å². The van der Waals surface area contributed by atoms with Crippen LogP contribution < -0.4 is 5.32 Å². The maximum absolute atomic E-state index is 13.7. The quantitative estimate of drug-likeness (QED) is 0.848. The highest BCUT2D eigenvalue weighted by atomic mass is 19.1. The van der Waals surface area contributed by atoms with Gasteiger partial charge in [-0.25, -0.2) is 4.39 Å². The lowest BCUT2D eigenvalue weighted by Gasteiger charge is -2.37. The third kappa shape index (κ3) is 5.37. The van der Waals surface area contributed by atoms with Crippen molar-refractivity contribution in [1.82, 2.24) is 9.80 Å². The van der Waals surface area contributed by atoms with Gasteiger partial charge in [-0.15, -0.1) is 0 Å². The van der Waals surface area contributed by atoms with Crippen LogP contribution in [0.5, 0.6) is 0 Å². The fourth-order valence-electron chi connectivity index (χ4n) is 3.39. The Morgan fingerprint density at radius 2 is 1.81 bits per heavy atom. The highest BCUT2D eigenvalue weighted by Gasteiger charge is 2.25. The van der Waals surface area contributed by atoms with Gasteiger partial charge in [0, 0.05) is 38.4 Å². The number of benzene rings is 2. The van der Waals surface area contributed by atoms with E-state index in [1.807, 2.05) is 13.0 Å². The molecule has 1 aliphatic rings. The third-order valence-corrected chi connectivity index (χ3v) is 5.33. The summed E-state index contributed by atoms with van der Waals surface area (Å²) < 4.78 is 13.7. The average Bonchev–Trinajstić information content (AvgIpc) is 2.70. The molecular weight excluding hydrogens is 341 g/mol. The number of amides is 1. The first-order valence-electron chi connectivity index (χ1n) is 9.60. The molecule has 27 heavy (non-hydrogen) atoms. The van der Waals surface area contributed by atoms with Crippen molar-refractivity contribution in [3.63, 3.8) is 0 Å². The molecule has 0 spiro atoms. The van der Waals surface area contributed by atoms with Gasteiger partial charge in [-0.3, -0.25) is 9.69 Å². The van der Waals surface area contributed by atoms with Crippen molar-refractivity contribution in [3.05, 3.63) is 65.5 Å². The fourth-order valence-corrected chi connectivity index (χ4v) is 3.39. The second kappa shape index (κ2) is 9.11. The summed E-state index contributed by atoms with van der Waals surface area (Å²) in [6.07, 6.45) is 1.05. The smallest absolute Gasteiger partial charge is 0.241 e. The van der Waals surface area contributed by atoms with Crippen LogP contribution in [0.1, 0.15) is 18.1 Å². The molecule has 0 aliphatic carbocycles. The summed E-state index contributed by atoms with van der Waals surface area (Å²) >= 11 is 0. The molecule has 144 valence electrons. The number of hydrogen-bond donors (Lipinski definition) is 1. The Bertz CT molecular complexity index is 757. The Labute approximate surface area is 161 Å². The van der Waals surface area contributed by atoms with Crippen molar-refractivity contribution in [2.24, 2.45) is 0 Å². The Morgan fingerprint density at radius 1 is 1.11 bits per heavy atom. The highest BCUT2D eigenvalue weighted by molar-refractivity contribution is 5.94. The lowest BCUT2D eigenvalue weighted by Crippen LogP contribution is -2.53. The number of hydrogen-bond acceptors (Lipinski definition) is 3. The largest absolute Gasteiger partial charge is 0.325 e. The summed E-state index contributed by atoms with van der Waals surface area (Å²) in [4.78, 5) is 17.2. The molecule has 1 atom stereocenters. The first-order valence-corrected chi connectivity index (χ1v) is 9.60. The van der Waals surface area contributed by atoms with Crippen molar-refractivity contribution >= 4 is 11.6 Å². The Morgan fingerprint density at radius 3 is 2.48 bits per heavy atom. The van der Waals surface area contributed by atoms with Gasteiger partial charge in [0.25, 0.3) is 0 Å². The Kier molecular flexibility index (Phi) is 6.58. The molecule has 1 heterocycles. The predicted molar refractivity (Wildman–Crippen MR) is 107 cm³/mol. The second-order valence-electron chi connectivity index (χ2n) is 7.24. The minimum Gasteiger partial charge on any atom is -0.325 e. The first-order chi connectivity index (χ1) is 13.0. The molecule has 0 saturated carbocycles. The number of halogens is 1. The number of carbonyl (C=O) groups excluding carboxylic acids is 1. The first kappa shape index (κ1) is 19.5. The van der Waals surface area contributed by atoms with E-state index < -0.39 is 0 Å². The zero-order chi connectivity index (χ0) is 19.2. The standard InChI is InChI=1S/C22H28FN3O/c1-17-8-9-20(16-21(17)23)24-22(27)18(2)26-14-12-25(13-15-26)11-10-19-6-4-3-5-7-19/h3-9,16,18H,10-15H2,1-2H3,(H,24,27)/t18-/m0/s1. The molecular formula is C22H28FN3O. The average molecular weight is 369 g/mol.